The molecule has 2 heterocycles. The fraction of sp³-hybridized carbons (Fsp3) is 0.625. The van der Waals surface area contributed by atoms with E-state index in [2.05, 4.69) is 5.32 Å². The number of rotatable bonds is 5. The summed E-state index contributed by atoms with van der Waals surface area (Å²) < 4.78 is 68.9. The Morgan fingerprint density at radius 2 is 2.08 bits per heavy atom. The van der Waals surface area contributed by atoms with Gasteiger partial charge in [0.15, 0.2) is 19.7 Å². The molecule has 25 heavy (non-hydrogen) atoms. The zero-order valence-electron chi connectivity index (χ0n) is 13.9. The second kappa shape index (κ2) is 6.94. The number of hydrogen-bond donors (Lipinski definition) is 1. The summed E-state index contributed by atoms with van der Waals surface area (Å²) >= 11 is 0. The zero-order valence-corrected chi connectivity index (χ0v) is 15.6. The molecule has 1 unspecified atom stereocenters. The van der Waals surface area contributed by atoms with Crippen molar-refractivity contribution in [2.24, 2.45) is 0 Å². The first-order valence-electron chi connectivity index (χ1n) is 8.24. The molecule has 2 fully saturated rings. The average molecular weight is 391 g/mol. The maximum Gasteiger partial charge on any atom is 0.183 e. The van der Waals surface area contributed by atoms with Gasteiger partial charge in [0.1, 0.15) is 5.82 Å². The Balaban J connectivity index is 1.84. The molecule has 9 heteroatoms. The van der Waals surface area contributed by atoms with Gasteiger partial charge >= 0.3 is 0 Å². The average Bonchev–Trinajstić information content (AvgIpc) is 3.15. The molecule has 2 saturated heterocycles. The van der Waals surface area contributed by atoms with Gasteiger partial charge < -0.3 is 10.1 Å². The van der Waals surface area contributed by atoms with E-state index in [0.29, 0.717) is 13.2 Å². The molecule has 0 aromatic heterocycles. The predicted octanol–water partition coefficient (Wildman–Crippen LogP) is 0.842. The van der Waals surface area contributed by atoms with Crippen LogP contribution in [0.2, 0.25) is 0 Å². The van der Waals surface area contributed by atoms with Crippen LogP contribution in [0.3, 0.4) is 0 Å². The summed E-state index contributed by atoms with van der Waals surface area (Å²) in [6.45, 7) is 2.58. The number of hydrogen-bond acceptors (Lipinski definition) is 6. The zero-order chi connectivity index (χ0) is 18.2. The quantitative estimate of drug-likeness (QED) is 0.749. The lowest BCUT2D eigenvalue weighted by Crippen LogP contribution is -2.45. The molecule has 0 bridgehead atoms. The van der Waals surface area contributed by atoms with E-state index in [1.54, 1.807) is 0 Å². The van der Waals surface area contributed by atoms with Crippen molar-refractivity contribution < 1.29 is 26.0 Å². The minimum Gasteiger partial charge on any atom is -0.377 e. The summed E-state index contributed by atoms with van der Waals surface area (Å²) in [7, 11) is -7.35. The van der Waals surface area contributed by atoms with Gasteiger partial charge in [0, 0.05) is 19.2 Å². The summed E-state index contributed by atoms with van der Waals surface area (Å²) in [6, 6.07) is 2.86. The Kier molecular flexibility index (Phi) is 5.21. The molecule has 0 radical (unpaired) electrons. The lowest BCUT2D eigenvalue weighted by atomic mass is 10.2. The summed E-state index contributed by atoms with van der Waals surface area (Å²) in [5.74, 6) is -1.13. The molecule has 0 aliphatic carbocycles. The van der Waals surface area contributed by atoms with Gasteiger partial charge in [0.05, 0.1) is 27.8 Å². The fourth-order valence-electron chi connectivity index (χ4n) is 3.37. The molecule has 6 nitrogen and oxygen atoms in total. The number of halogens is 1. The molecular weight excluding hydrogens is 369 g/mol. The highest BCUT2D eigenvalue weighted by molar-refractivity contribution is 7.96. The Bertz CT molecular complexity index is 847. The van der Waals surface area contributed by atoms with Crippen LogP contribution in [0.25, 0.3) is 0 Å². The Morgan fingerprint density at radius 1 is 1.32 bits per heavy atom. The number of sulfone groups is 2. The van der Waals surface area contributed by atoms with Crippen LogP contribution in [0.1, 0.15) is 18.4 Å². The highest BCUT2D eigenvalue weighted by atomic mass is 32.2. The predicted molar refractivity (Wildman–Crippen MR) is 91.5 cm³/mol. The maximum atomic E-state index is 13.4. The van der Waals surface area contributed by atoms with Gasteiger partial charge in [-0.25, -0.2) is 21.2 Å². The third-order valence-corrected chi connectivity index (χ3v) is 8.94. The van der Waals surface area contributed by atoms with Gasteiger partial charge in [-0.3, -0.25) is 0 Å². The van der Waals surface area contributed by atoms with E-state index in [1.165, 1.54) is 19.1 Å². The molecule has 1 N–H and O–H groups in total. The summed E-state index contributed by atoms with van der Waals surface area (Å²) in [4.78, 5) is -0.0441. The lowest BCUT2D eigenvalue weighted by molar-refractivity contribution is 0.108. The summed E-state index contributed by atoms with van der Waals surface area (Å²) in [5, 5.41) is 1.99. The number of nitrogens with one attached hydrogen (secondary N) is 1. The van der Waals surface area contributed by atoms with Crippen LogP contribution in [-0.4, -0.2) is 58.9 Å². The van der Waals surface area contributed by atoms with Crippen LogP contribution in [0.4, 0.5) is 4.39 Å². The van der Waals surface area contributed by atoms with Gasteiger partial charge in [0.25, 0.3) is 0 Å². The van der Waals surface area contributed by atoms with Crippen LogP contribution < -0.4 is 5.32 Å². The van der Waals surface area contributed by atoms with Crippen molar-refractivity contribution in [3.63, 3.8) is 0 Å². The highest BCUT2D eigenvalue weighted by Crippen LogP contribution is 2.27. The van der Waals surface area contributed by atoms with Gasteiger partial charge in [-0.15, -0.1) is 0 Å². The number of aryl methyl sites for hydroxylation is 1. The van der Waals surface area contributed by atoms with E-state index >= 15 is 0 Å². The second-order valence-electron chi connectivity index (χ2n) is 6.72. The van der Waals surface area contributed by atoms with Gasteiger partial charge in [-0.1, -0.05) is 0 Å². The van der Waals surface area contributed by atoms with Gasteiger partial charge in [-0.2, -0.15) is 0 Å². The second-order valence-corrected chi connectivity index (χ2v) is 11.0. The molecule has 0 amide bonds. The molecular formula is C16H22FNO5S2. The molecule has 2 aliphatic rings. The van der Waals surface area contributed by atoms with Crippen LogP contribution in [0, 0.1) is 12.7 Å². The van der Waals surface area contributed by atoms with Crippen LogP contribution in [-0.2, 0) is 24.4 Å². The number of ether oxygens (including phenoxy) is 1. The minimum absolute atomic E-state index is 0.0141. The Morgan fingerprint density at radius 3 is 2.72 bits per heavy atom. The SMILES string of the molecule is Cc1cc(S(=O)(=O)[C@@H]2CS(=O)(=O)C[C@H]2NCC2CCCO2)ccc1F. The first-order chi connectivity index (χ1) is 11.7. The smallest absolute Gasteiger partial charge is 0.183 e. The monoisotopic (exact) mass is 391 g/mol. The Labute approximate surface area is 147 Å². The topological polar surface area (TPSA) is 89.5 Å². The molecule has 140 valence electrons. The fourth-order valence-corrected chi connectivity index (χ4v) is 8.17. The van der Waals surface area contributed by atoms with E-state index in [0.717, 1.165) is 18.9 Å². The largest absolute Gasteiger partial charge is 0.377 e. The molecule has 3 atom stereocenters. The highest BCUT2D eigenvalue weighted by Gasteiger charge is 2.45. The third-order valence-electron chi connectivity index (χ3n) is 4.79. The first kappa shape index (κ1) is 18.8. The summed E-state index contributed by atoms with van der Waals surface area (Å²) in [6.07, 6.45) is 1.81. The Hall–Kier alpha value is -1.03. The normalized spacial score (nSPS) is 29.1. The van der Waals surface area contributed by atoms with E-state index in [9.17, 15) is 21.2 Å². The van der Waals surface area contributed by atoms with Gasteiger partial charge in [0.2, 0.25) is 0 Å². The minimum atomic E-state index is -3.89. The number of benzene rings is 1. The van der Waals surface area contributed by atoms with Gasteiger partial charge in [-0.05, 0) is 43.5 Å². The van der Waals surface area contributed by atoms with E-state index < -0.39 is 42.5 Å². The molecule has 2 aliphatic heterocycles. The van der Waals surface area contributed by atoms with Crippen LogP contribution >= 0.6 is 0 Å². The van der Waals surface area contributed by atoms with Crippen LogP contribution in [0.15, 0.2) is 23.1 Å². The van der Waals surface area contributed by atoms with Crippen molar-refractivity contribution >= 4 is 19.7 Å². The first-order valence-corrected chi connectivity index (χ1v) is 11.6. The van der Waals surface area contributed by atoms with Crippen molar-refractivity contribution in [3.05, 3.63) is 29.6 Å². The maximum absolute atomic E-state index is 13.4. The van der Waals surface area contributed by atoms with E-state index in [4.69, 9.17) is 4.74 Å². The van der Waals surface area contributed by atoms with Crippen molar-refractivity contribution in [2.45, 2.75) is 42.1 Å². The van der Waals surface area contributed by atoms with E-state index in [1.807, 2.05) is 0 Å². The molecule has 3 rings (SSSR count). The molecule has 1 aromatic carbocycles. The molecule has 1 aromatic rings. The van der Waals surface area contributed by atoms with Crippen molar-refractivity contribution in [2.75, 3.05) is 24.7 Å². The van der Waals surface area contributed by atoms with Crippen molar-refractivity contribution in [3.8, 4) is 0 Å². The third kappa shape index (κ3) is 4.05. The molecule has 0 saturated carbocycles. The lowest BCUT2D eigenvalue weighted by Gasteiger charge is -2.22. The standard InChI is InChI=1S/C16H22FNO5S2/c1-11-7-13(4-5-14(11)17)25(21,22)16-10-24(19,20)9-15(16)18-8-12-3-2-6-23-12/h4-5,7,12,15-16,18H,2-3,6,8-10H2,1H3/t12?,15-,16-/m1/s1. The van der Waals surface area contributed by atoms with Crippen molar-refractivity contribution in [1.29, 1.82) is 0 Å². The van der Waals surface area contributed by atoms with Crippen LogP contribution in [0.5, 0.6) is 0 Å². The van der Waals surface area contributed by atoms with Crippen molar-refractivity contribution in [1.82, 2.24) is 5.32 Å². The van der Waals surface area contributed by atoms with E-state index in [-0.39, 0.29) is 22.3 Å². The molecule has 0 spiro atoms. The summed E-state index contributed by atoms with van der Waals surface area (Å²) in [5.41, 5.74) is 0.214.